The average Bonchev–Trinajstić information content (AvgIpc) is 3.25. The quantitative estimate of drug-likeness (QED) is 0.669. The maximum Gasteiger partial charge on any atom is 0.152 e. The monoisotopic (exact) mass is 425 g/mol. The maximum absolute atomic E-state index is 14.6. The normalized spacial score (nSPS) is 25.7. The Labute approximate surface area is 180 Å². The highest BCUT2D eigenvalue weighted by atomic mass is 19.1. The van der Waals surface area contributed by atoms with E-state index >= 15 is 0 Å². The Kier molecular flexibility index (Phi) is 5.18. The Morgan fingerprint density at radius 2 is 1.97 bits per heavy atom. The molecule has 7 heteroatoms. The summed E-state index contributed by atoms with van der Waals surface area (Å²) >= 11 is 0. The Balaban J connectivity index is 1.47. The van der Waals surface area contributed by atoms with Gasteiger partial charge in [0, 0.05) is 12.6 Å². The molecule has 4 atom stereocenters. The topological polar surface area (TPSA) is 80.4 Å². The summed E-state index contributed by atoms with van der Waals surface area (Å²) in [4.78, 5) is 8.30. The first-order chi connectivity index (χ1) is 15.0. The van der Waals surface area contributed by atoms with Crippen molar-refractivity contribution in [1.82, 2.24) is 14.5 Å². The van der Waals surface area contributed by atoms with Gasteiger partial charge in [0.25, 0.3) is 0 Å². The van der Waals surface area contributed by atoms with Crippen molar-refractivity contribution in [3.63, 3.8) is 0 Å². The Hall–Kier alpha value is -2.51. The molecule has 0 unspecified atom stereocenters. The molecule has 1 aromatic carbocycles. The lowest BCUT2D eigenvalue weighted by atomic mass is 9.89. The molecule has 3 aromatic rings. The molecule has 2 heterocycles. The molecule has 2 aliphatic carbocycles. The van der Waals surface area contributed by atoms with Crippen molar-refractivity contribution in [2.45, 2.75) is 76.7 Å². The van der Waals surface area contributed by atoms with Gasteiger partial charge >= 0.3 is 0 Å². The van der Waals surface area contributed by atoms with Crippen LogP contribution in [-0.4, -0.2) is 43.1 Å². The number of benzene rings is 1. The van der Waals surface area contributed by atoms with E-state index in [-0.39, 0.29) is 0 Å². The fourth-order valence-corrected chi connectivity index (χ4v) is 5.16. The van der Waals surface area contributed by atoms with Gasteiger partial charge in [-0.15, -0.1) is 0 Å². The van der Waals surface area contributed by atoms with Crippen LogP contribution in [0.25, 0.3) is 11.0 Å². The molecule has 6 nitrogen and oxygen atoms in total. The number of nitrogens with zero attached hydrogens (tertiary/aromatic N) is 3. The summed E-state index contributed by atoms with van der Waals surface area (Å²) in [6.07, 6.45) is 5.59. The molecule has 0 spiro atoms. The predicted octanol–water partition coefficient (Wildman–Crippen LogP) is 3.43. The first-order valence-electron chi connectivity index (χ1n) is 11.1. The fourth-order valence-electron chi connectivity index (χ4n) is 5.16. The van der Waals surface area contributed by atoms with E-state index in [0.717, 1.165) is 31.4 Å². The Morgan fingerprint density at radius 1 is 1.16 bits per heavy atom. The molecule has 0 amide bonds. The second-order valence-corrected chi connectivity index (χ2v) is 8.77. The summed E-state index contributed by atoms with van der Waals surface area (Å²) < 4.78 is 22.5. The van der Waals surface area contributed by atoms with Gasteiger partial charge < -0.3 is 19.5 Å². The number of hydrogen-bond acceptors (Lipinski definition) is 5. The van der Waals surface area contributed by atoms with E-state index in [2.05, 4.69) is 29.0 Å². The number of aryl methyl sites for hydroxylation is 3. The van der Waals surface area contributed by atoms with Crippen molar-refractivity contribution in [2.24, 2.45) is 0 Å². The van der Waals surface area contributed by atoms with Gasteiger partial charge in [-0.1, -0.05) is 13.0 Å². The minimum Gasteiger partial charge on any atom is -0.487 e. The smallest absolute Gasteiger partial charge is 0.152 e. The number of fused-ring (bicyclic) bond motifs is 2. The van der Waals surface area contributed by atoms with Gasteiger partial charge in [0.05, 0.1) is 17.1 Å². The number of hydrogen-bond donors (Lipinski definition) is 2. The van der Waals surface area contributed by atoms with Gasteiger partial charge in [-0.2, -0.15) is 0 Å². The number of rotatable bonds is 4. The molecule has 164 valence electrons. The van der Waals surface area contributed by atoms with Gasteiger partial charge in [-0.3, -0.25) is 0 Å². The van der Waals surface area contributed by atoms with Crippen LogP contribution in [0.1, 0.15) is 54.6 Å². The summed E-state index contributed by atoms with van der Waals surface area (Å²) in [7, 11) is 0. The molecular formula is C24H28FN3O3. The van der Waals surface area contributed by atoms with Crippen molar-refractivity contribution in [3.8, 4) is 5.75 Å². The van der Waals surface area contributed by atoms with Crippen LogP contribution < -0.4 is 4.74 Å². The van der Waals surface area contributed by atoms with E-state index in [9.17, 15) is 14.6 Å². The molecule has 2 aliphatic rings. The van der Waals surface area contributed by atoms with E-state index in [1.165, 1.54) is 35.6 Å². The van der Waals surface area contributed by atoms with E-state index in [1.54, 1.807) is 11.5 Å². The van der Waals surface area contributed by atoms with Crippen LogP contribution >= 0.6 is 0 Å². The van der Waals surface area contributed by atoms with Crippen molar-refractivity contribution >= 4 is 11.0 Å². The van der Waals surface area contributed by atoms with Crippen LogP contribution in [0.5, 0.6) is 5.75 Å². The highest BCUT2D eigenvalue weighted by molar-refractivity contribution is 5.79. The van der Waals surface area contributed by atoms with E-state index in [0.29, 0.717) is 23.1 Å². The zero-order chi connectivity index (χ0) is 21.7. The summed E-state index contributed by atoms with van der Waals surface area (Å²) in [5, 5.41) is 22.0. The molecule has 2 N–H and O–H groups in total. The molecule has 1 saturated carbocycles. The summed E-state index contributed by atoms with van der Waals surface area (Å²) in [6, 6.07) is 3.80. The summed E-state index contributed by atoms with van der Waals surface area (Å²) in [6.45, 7) is 3.85. The Bertz CT molecular complexity index is 1130. The van der Waals surface area contributed by atoms with Crippen LogP contribution in [0.2, 0.25) is 0 Å². The van der Waals surface area contributed by atoms with Crippen LogP contribution in [0.3, 0.4) is 0 Å². The van der Waals surface area contributed by atoms with Crippen molar-refractivity contribution in [3.05, 3.63) is 52.9 Å². The third kappa shape index (κ3) is 3.40. The number of aliphatic hydroxyl groups excluding tert-OH is 2. The third-order valence-electron chi connectivity index (χ3n) is 6.88. The van der Waals surface area contributed by atoms with Gasteiger partial charge in [0.15, 0.2) is 5.82 Å². The van der Waals surface area contributed by atoms with Crippen LogP contribution in [0, 0.1) is 12.7 Å². The molecule has 0 bridgehead atoms. The molecule has 5 rings (SSSR count). The second-order valence-electron chi connectivity index (χ2n) is 8.77. The average molecular weight is 426 g/mol. The van der Waals surface area contributed by atoms with Crippen molar-refractivity contribution in [1.29, 1.82) is 0 Å². The molecule has 2 aromatic heterocycles. The molecule has 0 aliphatic heterocycles. The summed E-state index contributed by atoms with van der Waals surface area (Å²) in [5.74, 6) is 0.386. The second kappa shape index (κ2) is 7.88. The van der Waals surface area contributed by atoms with Gasteiger partial charge in [0.1, 0.15) is 36.0 Å². The largest absolute Gasteiger partial charge is 0.487 e. The molecular weight excluding hydrogens is 397 g/mol. The lowest BCUT2D eigenvalue weighted by Crippen LogP contribution is -2.34. The SMILES string of the molecule is CCc1cc2c(c(O[C@H]3C[C@@H](n4cc(F)c5c(C)ncnc54)[C@H](O)[C@@H]3O)c1)CCCC2. The van der Waals surface area contributed by atoms with Gasteiger partial charge in [0.2, 0.25) is 0 Å². The molecule has 31 heavy (non-hydrogen) atoms. The van der Waals surface area contributed by atoms with Gasteiger partial charge in [-0.05, 0) is 61.8 Å². The summed E-state index contributed by atoms with van der Waals surface area (Å²) in [5.41, 5.74) is 4.73. The standard InChI is InChI=1S/C24H28FN3O3/c1-3-14-8-15-6-4-5-7-16(15)19(9-14)31-20-10-18(22(29)23(20)30)28-11-17(25)21-13(2)26-12-27-24(21)28/h8-9,11-12,18,20,22-23,29-30H,3-7,10H2,1-2H3/t18-,20+,22+,23-/m1/s1. The predicted molar refractivity (Wildman–Crippen MR) is 115 cm³/mol. The zero-order valence-corrected chi connectivity index (χ0v) is 17.9. The number of halogens is 1. The molecule has 1 fully saturated rings. The number of aromatic nitrogens is 3. The number of ether oxygens (including phenoxy) is 1. The highest BCUT2D eigenvalue weighted by Gasteiger charge is 2.45. The first-order valence-corrected chi connectivity index (χ1v) is 11.1. The van der Waals surface area contributed by atoms with Crippen LogP contribution in [0.15, 0.2) is 24.7 Å². The first kappa shape index (κ1) is 20.4. The van der Waals surface area contributed by atoms with E-state index < -0.39 is 30.2 Å². The van der Waals surface area contributed by atoms with Crippen molar-refractivity contribution in [2.75, 3.05) is 0 Å². The molecule has 0 saturated heterocycles. The zero-order valence-electron chi connectivity index (χ0n) is 17.9. The lowest BCUT2D eigenvalue weighted by Gasteiger charge is -2.25. The van der Waals surface area contributed by atoms with Gasteiger partial charge in [-0.25, -0.2) is 14.4 Å². The highest BCUT2D eigenvalue weighted by Crippen LogP contribution is 2.39. The minimum atomic E-state index is -1.08. The fraction of sp³-hybridized carbons (Fsp3) is 0.500. The van der Waals surface area contributed by atoms with Crippen LogP contribution in [0.4, 0.5) is 4.39 Å². The van der Waals surface area contributed by atoms with Crippen molar-refractivity contribution < 1.29 is 19.3 Å². The Morgan fingerprint density at radius 3 is 2.77 bits per heavy atom. The maximum atomic E-state index is 14.6. The minimum absolute atomic E-state index is 0.346. The molecule has 0 radical (unpaired) electrons. The number of aliphatic hydroxyl groups is 2. The van der Waals surface area contributed by atoms with Crippen LogP contribution in [-0.2, 0) is 19.3 Å². The van der Waals surface area contributed by atoms with E-state index in [1.807, 2.05) is 0 Å². The lowest BCUT2D eigenvalue weighted by molar-refractivity contribution is -0.0166. The van der Waals surface area contributed by atoms with E-state index in [4.69, 9.17) is 4.74 Å². The third-order valence-corrected chi connectivity index (χ3v) is 6.88.